The van der Waals surface area contributed by atoms with Gasteiger partial charge in [-0.2, -0.15) is 5.10 Å². The molecule has 4 aromatic rings. The zero-order valence-electron chi connectivity index (χ0n) is 17.1. The Morgan fingerprint density at radius 2 is 1.65 bits per heavy atom. The van der Waals surface area contributed by atoms with Gasteiger partial charge in [0.2, 0.25) is 0 Å². The first kappa shape index (κ1) is 20.1. The van der Waals surface area contributed by atoms with Gasteiger partial charge in [-0.05, 0) is 54.4 Å². The maximum Gasteiger partial charge on any atom is 0.255 e. The molecule has 0 aliphatic rings. The van der Waals surface area contributed by atoms with E-state index in [0.717, 1.165) is 16.8 Å². The quantitative estimate of drug-likeness (QED) is 0.496. The van der Waals surface area contributed by atoms with Crippen LogP contribution in [0.15, 0.2) is 91.3 Å². The van der Waals surface area contributed by atoms with Gasteiger partial charge in [0.1, 0.15) is 0 Å². The Kier molecular flexibility index (Phi) is 5.89. The van der Waals surface area contributed by atoms with Crippen LogP contribution >= 0.6 is 0 Å². The van der Waals surface area contributed by atoms with Crippen LogP contribution in [0.1, 0.15) is 31.8 Å². The van der Waals surface area contributed by atoms with Crippen molar-refractivity contribution in [3.8, 4) is 5.69 Å². The molecule has 1 aromatic heterocycles. The van der Waals surface area contributed by atoms with Crippen LogP contribution in [0.5, 0.6) is 0 Å². The zero-order chi connectivity index (χ0) is 21.6. The fourth-order valence-corrected chi connectivity index (χ4v) is 3.25. The van der Waals surface area contributed by atoms with Crippen molar-refractivity contribution in [2.75, 3.05) is 5.32 Å². The van der Waals surface area contributed by atoms with E-state index in [1.807, 2.05) is 67.7 Å². The van der Waals surface area contributed by atoms with Crippen LogP contribution in [-0.2, 0) is 6.54 Å². The third kappa shape index (κ3) is 4.70. The molecule has 0 spiro atoms. The van der Waals surface area contributed by atoms with Crippen molar-refractivity contribution >= 4 is 17.5 Å². The number of nitrogens with one attached hydrogen (secondary N) is 2. The summed E-state index contributed by atoms with van der Waals surface area (Å²) in [6, 6.07) is 23.9. The molecule has 0 atom stereocenters. The standard InChI is InChI=1S/C25H22N4O2/c1-18-12-13-20(16-22(18)28-25(31)19-8-3-2-4-9-19)24(30)26-17-21-10-5-6-11-23(21)29-15-7-14-27-29/h2-16H,17H2,1H3,(H,26,30)(H,28,31). The van der Waals surface area contributed by atoms with E-state index in [0.29, 0.717) is 23.4 Å². The van der Waals surface area contributed by atoms with Crippen LogP contribution in [0.2, 0.25) is 0 Å². The second kappa shape index (κ2) is 9.09. The van der Waals surface area contributed by atoms with Crippen LogP contribution in [0.25, 0.3) is 5.69 Å². The van der Waals surface area contributed by atoms with E-state index in [-0.39, 0.29) is 11.8 Å². The molecule has 0 bridgehead atoms. The van der Waals surface area contributed by atoms with Gasteiger partial charge in [-0.25, -0.2) is 4.68 Å². The third-order valence-corrected chi connectivity index (χ3v) is 4.97. The van der Waals surface area contributed by atoms with E-state index in [1.54, 1.807) is 35.1 Å². The number of aromatic nitrogens is 2. The van der Waals surface area contributed by atoms with Gasteiger partial charge in [0.05, 0.1) is 5.69 Å². The molecule has 6 heteroatoms. The highest BCUT2D eigenvalue weighted by Gasteiger charge is 2.12. The fourth-order valence-electron chi connectivity index (χ4n) is 3.25. The molecule has 2 amide bonds. The number of nitrogens with zero attached hydrogens (tertiary/aromatic N) is 2. The summed E-state index contributed by atoms with van der Waals surface area (Å²) in [4.78, 5) is 25.3. The lowest BCUT2D eigenvalue weighted by Gasteiger charge is -2.13. The number of anilines is 1. The molecule has 31 heavy (non-hydrogen) atoms. The minimum atomic E-state index is -0.217. The lowest BCUT2D eigenvalue weighted by atomic mass is 10.1. The number of aryl methyl sites for hydroxylation is 1. The Hall–Kier alpha value is -4.19. The van der Waals surface area contributed by atoms with Crippen LogP contribution in [0.4, 0.5) is 5.69 Å². The van der Waals surface area contributed by atoms with E-state index in [9.17, 15) is 9.59 Å². The fraction of sp³-hybridized carbons (Fsp3) is 0.0800. The van der Waals surface area contributed by atoms with Gasteiger partial charge in [-0.3, -0.25) is 9.59 Å². The van der Waals surface area contributed by atoms with Crippen LogP contribution in [-0.4, -0.2) is 21.6 Å². The molecule has 0 aliphatic carbocycles. The van der Waals surface area contributed by atoms with E-state index >= 15 is 0 Å². The van der Waals surface area contributed by atoms with E-state index < -0.39 is 0 Å². The first-order valence-electron chi connectivity index (χ1n) is 9.95. The maximum absolute atomic E-state index is 12.8. The molecule has 4 rings (SSSR count). The number of benzene rings is 3. The number of carbonyl (C=O) groups is 2. The number of para-hydroxylation sites is 1. The molecule has 2 N–H and O–H groups in total. The van der Waals surface area contributed by atoms with Crippen molar-refractivity contribution < 1.29 is 9.59 Å². The van der Waals surface area contributed by atoms with Crippen molar-refractivity contribution in [3.63, 3.8) is 0 Å². The summed E-state index contributed by atoms with van der Waals surface area (Å²) >= 11 is 0. The minimum absolute atomic E-state index is 0.214. The molecule has 0 fully saturated rings. The number of hydrogen-bond donors (Lipinski definition) is 2. The summed E-state index contributed by atoms with van der Waals surface area (Å²) in [6.45, 7) is 2.25. The summed E-state index contributed by atoms with van der Waals surface area (Å²) in [5.41, 5.74) is 4.39. The molecular formula is C25H22N4O2. The predicted molar refractivity (Wildman–Crippen MR) is 120 cm³/mol. The smallest absolute Gasteiger partial charge is 0.255 e. The van der Waals surface area contributed by atoms with E-state index in [1.165, 1.54) is 0 Å². The molecule has 3 aromatic carbocycles. The largest absolute Gasteiger partial charge is 0.348 e. The highest BCUT2D eigenvalue weighted by Crippen LogP contribution is 2.19. The van der Waals surface area contributed by atoms with Gasteiger partial charge in [0, 0.05) is 35.8 Å². The topological polar surface area (TPSA) is 76.0 Å². The first-order valence-corrected chi connectivity index (χ1v) is 9.95. The van der Waals surface area contributed by atoms with Crippen LogP contribution < -0.4 is 10.6 Å². The monoisotopic (exact) mass is 410 g/mol. The highest BCUT2D eigenvalue weighted by molar-refractivity contribution is 6.05. The second-order valence-electron chi connectivity index (χ2n) is 7.11. The van der Waals surface area contributed by atoms with Crippen molar-refractivity contribution in [2.24, 2.45) is 0 Å². The van der Waals surface area contributed by atoms with Gasteiger partial charge in [0.25, 0.3) is 11.8 Å². The molecule has 0 radical (unpaired) electrons. The van der Waals surface area contributed by atoms with Gasteiger partial charge in [-0.1, -0.05) is 42.5 Å². The van der Waals surface area contributed by atoms with Gasteiger partial charge in [-0.15, -0.1) is 0 Å². The van der Waals surface area contributed by atoms with Crippen molar-refractivity contribution in [3.05, 3.63) is 114 Å². The number of carbonyl (C=O) groups excluding carboxylic acids is 2. The minimum Gasteiger partial charge on any atom is -0.348 e. The molecule has 6 nitrogen and oxygen atoms in total. The Balaban J connectivity index is 1.48. The SMILES string of the molecule is Cc1ccc(C(=O)NCc2ccccc2-n2cccn2)cc1NC(=O)c1ccccc1. The Labute approximate surface area is 180 Å². The average molecular weight is 410 g/mol. The molecule has 1 heterocycles. The lowest BCUT2D eigenvalue weighted by Crippen LogP contribution is -2.24. The Morgan fingerprint density at radius 3 is 2.42 bits per heavy atom. The predicted octanol–water partition coefficient (Wildman–Crippen LogP) is 4.36. The summed E-state index contributed by atoms with van der Waals surface area (Å²) in [5.74, 6) is -0.431. The highest BCUT2D eigenvalue weighted by atomic mass is 16.2. The average Bonchev–Trinajstić information content (AvgIpc) is 3.34. The summed E-state index contributed by atoms with van der Waals surface area (Å²) in [5, 5.41) is 10.1. The van der Waals surface area contributed by atoms with E-state index in [4.69, 9.17) is 0 Å². The Morgan fingerprint density at radius 1 is 0.871 bits per heavy atom. The van der Waals surface area contributed by atoms with Gasteiger partial charge in [0.15, 0.2) is 0 Å². The molecular weight excluding hydrogens is 388 g/mol. The van der Waals surface area contributed by atoms with Crippen LogP contribution in [0.3, 0.4) is 0 Å². The first-order chi connectivity index (χ1) is 15.1. The van der Waals surface area contributed by atoms with Crippen molar-refractivity contribution in [1.29, 1.82) is 0 Å². The summed E-state index contributed by atoms with van der Waals surface area (Å²) in [7, 11) is 0. The van der Waals surface area contributed by atoms with Gasteiger partial charge >= 0.3 is 0 Å². The number of rotatable bonds is 6. The number of amides is 2. The summed E-state index contributed by atoms with van der Waals surface area (Å²) in [6.07, 6.45) is 3.58. The Bertz CT molecular complexity index is 1200. The molecule has 0 aliphatic heterocycles. The molecule has 0 saturated carbocycles. The third-order valence-electron chi connectivity index (χ3n) is 4.97. The van der Waals surface area contributed by atoms with E-state index in [2.05, 4.69) is 15.7 Å². The summed E-state index contributed by atoms with van der Waals surface area (Å²) < 4.78 is 1.77. The molecule has 0 saturated heterocycles. The molecule has 0 unspecified atom stereocenters. The van der Waals surface area contributed by atoms with Crippen molar-refractivity contribution in [1.82, 2.24) is 15.1 Å². The normalized spacial score (nSPS) is 10.5. The van der Waals surface area contributed by atoms with Crippen LogP contribution in [0, 0.1) is 6.92 Å². The lowest BCUT2D eigenvalue weighted by molar-refractivity contribution is 0.0949. The van der Waals surface area contributed by atoms with Crippen molar-refractivity contribution in [2.45, 2.75) is 13.5 Å². The molecule has 154 valence electrons. The van der Waals surface area contributed by atoms with Gasteiger partial charge < -0.3 is 10.6 Å². The maximum atomic E-state index is 12.8. The second-order valence-corrected chi connectivity index (χ2v) is 7.11. The zero-order valence-corrected chi connectivity index (χ0v) is 17.1. The number of hydrogen-bond acceptors (Lipinski definition) is 3.